The Hall–Kier alpha value is -2.49. The number of aromatic hydroxyl groups is 1. The number of halogens is 5. The van der Waals surface area contributed by atoms with Crippen molar-refractivity contribution in [2.45, 2.75) is 6.18 Å². The monoisotopic (exact) mass is 364 g/mol. The number of hydrogen-bond acceptors (Lipinski definition) is 3. The molecule has 0 unspecified atom stereocenters. The molecule has 2 amide bonds. The molecule has 10 heteroatoms. The summed E-state index contributed by atoms with van der Waals surface area (Å²) >= 11 is 3.69. The summed E-state index contributed by atoms with van der Waals surface area (Å²) in [5.41, 5.74) is -2.20. The number of amides is 2. The number of alkyl halides is 3. The van der Waals surface area contributed by atoms with E-state index in [1.165, 1.54) is 6.07 Å². The lowest BCUT2D eigenvalue weighted by Crippen LogP contribution is -2.28. The van der Waals surface area contributed by atoms with Crippen LogP contribution in [-0.2, 0) is 6.18 Å². The van der Waals surface area contributed by atoms with Crippen LogP contribution in [0, 0.1) is 11.6 Å². The van der Waals surface area contributed by atoms with E-state index in [2.05, 4.69) is 12.8 Å². The Morgan fingerprint density at radius 1 is 1.12 bits per heavy atom. The van der Waals surface area contributed by atoms with Crippen molar-refractivity contribution in [3.8, 4) is 5.75 Å². The molecule has 0 saturated heterocycles. The lowest BCUT2D eigenvalue weighted by Gasteiger charge is -2.19. The molecule has 0 heterocycles. The number of rotatable bonds is 2. The smallest absolute Gasteiger partial charge is 0.418 e. The van der Waals surface area contributed by atoms with Crippen LogP contribution in [0.1, 0.15) is 5.56 Å². The fourth-order valence-electron chi connectivity index (χ4n) is 1.82. The van der Waals surface area contributed by atoms with E-state index in [1.807, 2.05) is 5.32 Å². The highest BCUT2D eigenvalue weighted by molar-refractivity contribution is 7.82. The van der Waals surface area contributed by atoms with Crippen LogP contribution in [0.3, 0.4) is 0 Å². The topological polar surface area (TPSA) is 52.6 Å². The number of urea groups is 1. The molecule has 0 aliphatic rings. The number of anilines is 2. The molecule has 2 rings (SSSR count). The van der Waals surface area contributed by atoms with E-state index in [9.17, 15) is 31.9 Å². The maximum absolute atomic E-state index is 13.3. The molecule has 0 aliphatic carbocycles. The number of carbonyl (C=O) groups excluding carboxylic acids is 1. The average molecular weight is 364 g/mol. The standard InChI is InChI=1S/C14H9F5N2O2S/c15-8-5-6-10(12(22)11(8)16)21(24)13(23)20-9-4-2-1-3-7(9)14(17,18)19/h1-6,22,24H,(H,20,23). The largest absolute Gasteiger partial charge is 0.503 e. The highest BCUT2D eigenvalue weighted by Crippen LogP contribution is 2.36. The summed E-state index contributed by atoms with van der Waals surface area (Å²) < 4.78 is 65.2. The summed E-state index contributed by atoms with van der Waals surface area (Å²) in [6, 6.07) is 4.43. The summed E-state index contributed by atoms with van der Waals surface area (Å²) in [7, 11) is 0. The number of benzene rings is 2. The maximum Gasteiger partial charge on any atom is 0.418 e. The van der Waals surface area contributed by atoms with Crippen molar-refractivity contribution in [3.63, 3.8) is 0 Å². The van der Waals surface area contributed by atoms with Crippen molar-refractivity contribution < 1.29 is 31.9 Å². The Morgan fingerprint density at radius 2 is 1.75 bits per heavy atom. The van der Waals surface area contributed by atoms with Gasteiger partial charge in [0, 0.05) is 0 Å². The summed E-state index contributed by atoms with van der Waals surface area (Å²) in [4.78, 5) is 12.0. The van der Waals surface area contributed by atoms with Gasteiger partial charge in [-0.25, -0.2) is 13.5 Å². The highest BCUT2D eigenvalue weighted by atomic mass is 32.1. The van der Waals surface area contributed by atoms with E-state index >= 15 is 0 Å². The van der Waals surface area contributed by atoms with Crippen molar-refractivity contribution in [2.24, 2.45) is 0 Å². The molecule has 0 atom stereocenters. The quantitative estimate of drug-likeness (QED) is 0.540. The van der Waals surface area contributed by atoms with Gasteiger partial charge in [-0.05, 0) is 24.3 Å². The fraction of sp³-hybridized carbons (Fsp3) is 0.0714. The molecule has 0 spiro atoms. The third-order valence-electron chi connectivity index (χ3n) is 2.94. The molecule has 2 aromatic carbocycles. The molecule has 0 fully saturated rings. The number of phenolic OH excluding ortho intramolecular Hbond substituents is 1. The van der Waals surface area contributed by atoms with Crippen LogP contribution in [0.5, 0.6) is 5.75 Å². The zero-order valence-electron chi connectivity index (χ0n) is 11.6. The number of phenols is 1. The predicted octanol–water partition coefficient (Wildman–Crippen LogP) is 4.57. The van der Waals surface area contributed by atoms with Crippen LogP contribution in [-0.4, -0.2) is 11.1 Å². The van der Waals surface area contributed by atoms with E-state index in [0.717, 1.165) is 24.3 Å². The molecular formula is C14H9F5N2O2S. The number of thiol groups is 1. The molecule has 2 aromatic rings. The third-order valence-corrected chi connectivity index (χ3v) is 3.34. The van der Waals surface area contributed by atoms with E-state index in [4.69, 9.17) is 0 Å². The van der Waals surface area contributed by atoms with Gasteiger partial charge in [-0.15, -0.1) is 0 Å². The third kappa shape index (κ3) is 3.53. The van der Waals surface area contributed by atoms with Crippen LogP contribution in [0.4, 0.5) is 38.1 Å². The number of nitrogens with one attached hydrogen (secondary N) is 1. The van der Waals surface area contributed by atoms with Crippen molar-refractivity contribution in [1.29, 1.82) is 0 Å². The van der Waals surface area contributed by atoms with Crippen molar-refractivity contribution >= 4 is 30.2 Å². The van der Waals surface area contributed by atoms with E-state index in [0.29, 0.717) is 10.4 Å². The Balaban J connectivity index is 2.30. The van der Waals surface area contributed by atoms with Crippen molar-refractivity contribution in [3.05, 3.63) is 53.6 Å². The number of carbonyl (C=O) groups is 1. The first-order valence-corrected chi connectivity index (χ1v) is 6.66. The minimum atomic E-state index is -4.71. The minimum absolute atomic E-state index is 0.352. The predicted molar refractivity (Wildman–Crippen MR) is 80.0 cm³/mol. The minimum Gasteiger partial charge on any atom is -0.503 e. The fourth-order valence-corrected chi connectivity index (χ4v) is 2.03. The first-order valence-electron chi connectivity index (χ1n) is 6.26. The molecular weight excluding hydrogens is 355 g/mol. The van der Waals surface area contributed by atoms with Crippen LogP contribution >= 0.6 is 12.8 Å². The Labute approximate surface area is 138 Å². The molecule has 0 bridgehead atoms. The van der Waals surface area contributed by atoms with E-state index in [1.54, 1.807) is 0 Å². The van der Waals surface area contributed by atoms with Crippen LogP contribution in [0.15, 0.2) is 36.4 Å². The summed E-state index contributed by atoms with van der Waals surface area (Å²) in [6.07, 6.45) is -4.71. The van der Waals surface area contributed by atoms with E-state index in [-0.39, 0.29) is 0 Å². The van der Waals surface area contributed by atoms with Gasteiger partial charge in [-0.1, -0.05) is 24.9 Å². The van der Waals surface area contributed by atoms with Crippen LogP contribution in [0.2, 0.25) is 0 Å². The number of nitrogens with zero attached hydrogens (tertiary/aromatic N) is 1. The van der Waals surface area contributed by atoms with Gasteiger partial charge in [0.2, 0.25) is 5.82 Å². The molecule has 0 aromatic heterocycles. The van der Waals surface area contributed by atoms with Gasteiger partial charge in [0.05, 0.1) is 11.3 Å². The highest BCUT2D eigenvalue weighted by Gasteiger charge is 2.34. The Morgan fingerprint density at radius 3 is 2.38 bits per heavy atom. The second kappa shape index (κ2) is 6.56. The van der Waals surface area contributed by atoms with Gasteiger partial charge in [0.25, 0.3) is 0 Å². The lowest BCUT2D eigenvalue weighted by atomic mass is 10.1. The Kier molecular flexibility index (Phi) is 4.88. The van der Waals surface area contributed by atoms with Gasteiger partial charge < -0.3 is 10.4 Å². The van der Waals surface area contributed by atoms with Gasteiger partial charge in [0.15, 0.2) is 11.6 Å². The number of para-hydroxylation sites is 1. The zero-order chi connectivity index (χ0) is 18.1. The van der Waals surface area contributed by atoms with Gasteiger partial charge >= 0.3 is 12.2 Å². The molecule has 24 heavy (non-hydrogen) atoms. The second-order valence-corrected chi connectivity index (χ2v) is 4.91. The first-order chi connectivity index (χ1) is 11.1. The molecule has 0 aliphatic heterocycles. The maximum atomic E-state index is 13.3. The normalized spacial score (nSPS) is 11.2. The molecule has 4 nitrogen and oxygen atoms in total. The summed E-state index contributed by atoms with van der Waals surface area (Å²) in [5, 5.41) is 11.4. The van der Waals surface area contributed by atoms with Gasteiger partial charge in [-0.2, -0.15) is 17.6 Å². The second-order valence-electron chi connectivity index (χ2n) is 4.51. The van der Waals surface area contributed by atoms with Gasteiger partial charge in [0.1, 0.15) is 5.69 Å². The van der Waals surface area contributed by atoms with E-state index < -0.39 is 46.5 Å². The van der Waals surface area contributed by atoms with Crippen LogP contribution in [0.25, 0.3) is 0 Å². The molecule has 0 saturated carbocycles. The summed E-state index contributed by atoms with van der Waals surface area (Å²) in [6.45, 7) is 0. The zero-order valence-corrected chi connectivity index (χ0v) is 12.5. The number of hydrogen-bond donors (Lipinski definition) is 3. The average Bonchev–Trinajstić information content (AvgIpc) is 2.51. The summed E-state index contributed by atoms with van der Waals surface area (Å²) in [5.74, 6) is -4.18. The molecule has 2 N–H and O–H groups in total. The Bertz CT molecular complexity index is 782. The first kappa shape index (κ1) is 17.9. The van der Waals surface area contributed by atoms with Crippen LogP contribution < -0.4 is 9.62 Å². The lowest BCUT2D eigenvalue weighted by molar-refractivity contribution is -0.136. The molecule has 128 valence electrons. The molecule has 0 radical (unpaired) electrons. The SMILES string of the molecule is O=C(Nc1ccccc1C(F)(F)F)N(S)c1ccc(F)c(F)c1O. The van der Waals surface area contributed by atoms with Crippen molar-refractivity contribution in [1.82, 2.24) is 0 Å². The van der Waals surface area contributed by atoms with Gasteiger partial charge in [-0.3, -0.25) is 0 Å². The van der Waals surface area contributed by atoms with Crippen molar-refractivity contribution in [2.75, 3.05) is 9.62 Å².